The lowest BCUT2D eigenvalue weighted by Crippen LogP contribution is -2.28. The predicted octanol–water partition coefficient (Wildman–Crippen LogP) is 4.22. The van der Waals surface area contributed by atoms with Gasteiger partial charge in [0.25, 0.3) is 0 Å². The summed E-state index contributed by atoms with van der Waals surface area (Å²) in [6.45, 7) is 0.577. The molecule has 0 aliphatic heterocycles. The molecule has 0 aromatic heterocycles. The second-order valence-electron chi connectivity index (χ2n) is 7.26. The average Bonchev–Trinajstić information content (AvgIpc) is 2.68. The van der Waals surface area contributed by atoms with Crippen molar-refractivity contribution in [2.24, 2.45) is 10.7 Å². The lowest BCUT2D eigenvalue weighted by molar-refractivity contribution is 0.305. The van der Waals surface area contributed by atoms with Crippen molar-refractivity contribution in [3.05, 3.63) is 59.2 Å². The molecule has 0 radical (unpaired) electrons. The molecule has 0 fully saturated rings. The third-order valence-corrected chi connectivity index (χ3v) is 5.20. The summed E-state index contributed by atoms with van der Waals surface area (Å²) in [4.78, 5) is 6.77. The van der Waals surface area contributed by atoms with E-state index < -0.39 is 0 Å². The number of guanidine groups is 1. The fraction of sp³-hybridized carbons (Fsp3) is 0.409. The van der Waals surface area contributed by atoms with Crippen LogP contribution in [0.4, 0.5) is 5.69 Å². The molecule has 0 spiro atoms. The first-order valence-corrected chi connectivity index (χ1v) is 9.56. The van der Waals surface area contributed by atoms with Crippen molar-refractivity contribution in [2.45, 2.75) is 31.7 Å². The maximum absolute atomic E-state index is 6.22. The number of nitrogens with zero attached hydrogens (tertiary/aromatic N) is 2. The molecule has 0 bridgehead atoms. The van der Waals surface area contributed by atoms with Crippen LogP contribution >= 0.6 is 24.0 Å². The number of aryl methyl sites for hydroxylation is 1. The van der Waals surface area contributed by atoms with Crippen LogP contribution in [0.25, 0.3) is 0 Å². The Balaban J connectivity index is 0.00000280. The maximum atomic E-state index is 6.22. The quantitative estimate of drug-likeness (QED) is 0.359. The molecular formula is C22H31IN4O. The van der Waals surface area contributed by atoms with Gasteiger partial charge in [-0.05, 0) is 74.7 Å². The highest BCUT2D eigenvalue weighted by Crippen LogP contribution is 2.28. The minimum Gasteiger partial charge on any atom is -0.497 e. The Hall–Kier alpha value is -1.80. The summed E-state index contributed by atoms with van der Waals surface area (Å²) >= 11 is 0. The normalized spacial score (nSPS) is 14.8. The van der Waals surface area contributed by atoms with Gasteiger partial charge >= 0.3 is 0 Å². The number of aliphatic imine (C=N–C) groups is 1. The molecule has 0 heterocycles. The summed E-state index contributed by atoms with van der Waals surface area (Å²) in [6, 6.07) is 14.6. The van der Waals surface area contributed by atoms with E-state index in [0.717, 1.165) is 29.8 Å². The summed E-state index contributed by atoms with van der Waals surface area (Å²) in [5.74, 6) is 1.31. The lowest BCUT2D eigenvalue weighted by atomic mass is 9.90. The largest absolute Gasteiger partial charge is 0.497 e. The summed E-state index contributed by atoms with van der Waals surface area (Å²) < 4.78 is 5.35. The molecule has 0 amide bonds. The minimum absolute atomic E-state index is 0. The number of rotatable bonds is 6. The molecule has 1 unspecified atom stereocenters. The zero-order chi connectivity index (χ0) is 19.2. The second kappa shape index (κ2) is 10.7. The summed E-state index contributed by atoms with van der Waals surface area (Å²) in [6.07, 6.45) is 4.77. The molecule has 0 saturated carbocycles. The van der Waals surface area contributed by atoms with E-state index >= 15 is 0 Å². The van der Waals surface area contributed by atoms with Crippen molar-refractivity contribution in [3.63, 3.8) is 0 Å². The smallest absolute Gasteiger partial charge is 0.193 e. The first-order chi connectivity index (χ1) is 13.1. The Morgan fingerprint density at radius 1 is 1.18 bits per heavy atom. The van der Waals surface area contributed by atoms with Gasteiger partial charge in [-0.25, -0.2) is 0 Å². The molecule has 1 aliphatic carbocycles. The molecule has 2 aromatic rings. The van der Waals surface area contributed by atoms with Gasteiger partial charge < -0.3 is 20.7 Å². The number of anilines is 1. The van der Waals surface area contributed by atoms with Crippen LogP contribution in [-0.2, 0) is 12.8 Å². The van der Waals surface area contributed by atoms with Crippen LogP contribution in [-0.4, -0.2) is 38.6 Å². The number of hydrogen-bond acceptors (Lipinski definition) is 3. The van der Waals surface area contributed by atoms with Crippen LogP contribution in [0, 0.1) is 0 Å². The molecule has 1 atom stereocenters. The zero-order valence-electron chi connectivity index (χ0n) is 16.9. The van der Waals surface area contributed by atoms with E-state index in [2.05, 4.69) is 59.6 Å². The molecule has 28 heavy (non-hydrogen) atoms. The van der Waals surface area contributed by atoms with E-state index in [0.29, 0.717) is 12.5 Å². The number of benzene rings is 2. The van der Waals surface area contributed by atoms with Crippen LogP contribution in [0.15, 0.2) is 47.5 Å². The molecule has 0 saturated heterocycles. The number of nitrogens with two attached hydrogens (primary N) is 1. The van der Waals surface area contributed by atoms with Crippen molar-refractivity contribution in [1.82, 2.24) is 4.90 Å². The number of nitrogens with one attached hydrogen (secondary N) is 1. The molecule has 2 aromatic carbocycles. The van der Waals surface area contributed by atoms with Gasteiger partial charge in [0.1, 0.15) is 5.75 Å². The number of likely N-dealkylation sites (N-methyl/N-ethyl adjacent to an activating group) is 1. The van der Waals surface area contributed by atoms with Gasteiger partial charge in [-0.2, -0.15) is 0 Å². The van der Waals surface area contributed by atoms with Crippen molar-refractivity contribution in [3.8, 4) is 5.75 Å². The van der Waals surface area contributed by atoms with Gasteiger partial charge in [0.05, 0.1) is 19.7 Å². The first-order valence-electron chi connectivity index (χ1n) is 9.56. The van der Waals surface area contributed by atoms with Gasteiger partial charge in [0.15, 0.2) is 5.96 Å². The van der Waals surface area contributed by atoms with Crippen LogP contribution in [0.1, 0.15) is 35.6 Å². The zero-order valence-corrected chi connectivity index (χ0v) is 19.3. The molecule has 152 valence electrons. The van der Waals surface area contributed by atoms with Gasteiger partial charge in [-0.1, -0.05) is 24.3 Å². The Morgan fingerprint density at radius 3 is 2.68 bits per heavy atom. The number of halogens is 1. The van der Waals surface area contributed by atoms with Gasteiger partial charge in [-0.3, -0.25) is 4.99 Å². The van der Waals surface area contributed by atoms with E-state index in [-0.39, 0.29) is 30.0 Å². The van der Waals surface area contributed by atoms with Crippen LogP contribution in [0.5, 0.6) is 5.75 Å². The molecule has 5 nitrogen and oxygen atoms in total. The Labute approximate surface area is 185 Å². The monoisotopic (exact) mass is 494 g/mol. The topological polar surface area (TPSA) is 62.9 Å². The van der Waals surface area contributed by atoms with Crippen molar-refractivity contribution >= 4 is 35.6 Å². The molecule has 3 N–H and O–H groups in total. The second-order valence-corrected chi connectivity index (χ2v) is 7.26. The summed E-state index contributed by atoms with van der Waals surface area (Å²) in [5.41, 5.74) is 11.3. The number of methoxy groups -OCH3 is 1. The minimum atomic E-state index is 0. The lowest BCUT2D eigenvalue weighted by Gasteiger charge is -2.24. The first kappa shape index (κ1) is 22.5. The third kappa shape index (κ3) is 5.61. The number of hydrogen-bond donors (Lipinski definition) is 2. The Kier molecular flexibility index (Phi) is 8.57. The van der Waals surface area contributed by atoms with E-state index in [1.54, 1.807) is 7.11 Å². The van der Waals surface area contributed by atoms with E-state index in [1.807, 2.05) is 12.1 Å². The Morgan fingerprint density at radius 2 is 1.93 bits per heavy atom. The van der Waals surface area contributed by atoms with Gasteiger partial charge in [0.2, 0.25) is 0 Å². The Bertz CT molecular complexity index is 807. The maximum Gasteiger partial charge on any atom is 0.193 e. The predicted molar refractivity (Wildman–Crippen MR) is 128 cm³/mol. The summed E-state index contributed by atoms with van der Waals surface area (Å²) in [7, 11) is 5.79. The van der Waals surface area contributed by atoms with Gasteiger partial charge in [0, 0.05) is 5.69 Å². The molecule has 6 heteroatoms. The number of fused-ring (bicyclic) bond motifs is 1. The average molecular weight is 494 g/mol. The molecule has 3 rings (SSSR count). The van der Waals surface area contributed by atoms with Crippen LogP contribution < -0.4 is 15.8 Å². The van der Waals surface area contributed by atoms with Crippen LogP contribution in [0.2, 0.25) is 0 Å². The van der Waals surface area contributed by atoms with Crippen molar-refractivity contribution < 1.29 is 4.74 Å². The van der Waals surface area contributed by atoms with Crippen molar-refractivity contribution in [2.75, 3.05) is 33.1 Å². The highest BCUT2D eigenvalue weighted by molar-refractivity contribution is 14.0. The number of ether oxygens (including phenoxy) is 1. The highest BCUT2D eigenvalue weighted by atomic mass is 127. The highest BCUT2D eigenvalue weighted by Gasteiger charge is 2.16. The molecule has 1 aliphatic rings. The van der Waals surface area contributed by atoms with E-state index in [4.69, 9.17) is 10.5 Å². The molecular weight excluding hydrogens is 463 g/mol. The van der Waals surface area contributed by atoms with Crippen molar-refractivity contribution in [1.29, 1.82) is 0 Å². The van der Waals surface area contributed by atoms with Crippen LogP contribution in [0.3, 0.4) is 0 Å². The summed E-state index contributed by atoms with van der Waals surface area (Å²) in [5, 5.41) is 3.32. The fourth-order valence-electron chi connectivity index (χ4n) is 3.68. The standard InChI is InChI=1S/C22H30N4O.HI/c1-26(2)21(17-10-6-11-18(14-17)27-3)15-24-22(23)25-20-13-7-9-16-8-4-5-12-19(16)20;/h6-7,9-11,13-14,21H,4-5,8,12,15H2,1-3H3,(H3,23,24,25);1H. The third-order valence-electron chi connectivity index (χ3n) is 5.20. The fourth-order valence-corrected chi connectivity index (χ4v) is 3.68. The van der Waals surface area contributed by atoms with Gasteiger partial charge in [-0.15, -0.1) is 24.0 Å². The van der Waals surface area contributed by atoms with E-state index in [9.17, 15) is 0 Å². The van der Waals surface area contributed by atoms with E-state index in [1.165, 1.54) is 24.0 Å². The SMILES string of the molecule is COc1cccc(C(CN=C(N)Nc2cccc3c2CCCC3)N(C)C)c1.I.